The van der Waals surface area contributed by atoms with Crippen LogP contribution in [-0.4, -0.2) is 56.3 Å². The van der Waals surface area contributed by atoms with E-state index in [-0.39, 0.29) is 30.2 Å². The predicted molar refractivity (Wildman–Crippen MR) is 102 cm³/mol. The lowest BCUT2D eigenvalue weighted by Gasteiger charge is -2.33. The van der Waals surface area contributed by atoms with Gasteiger partial charge >= 0.3 is 0 Å². The smallest absolute Gasteiger partial charge is 0.243 e. The normalized spacial score (nSPS) is 16.1. The first kappa shape index (κ1) is 20.7. The number of hydrogen-bond acceptors (Lipinski definition) is 4. The van der Waals surface area contributed by atoms with Gasteiger partial charge in [-0.3, -0.25) is 9.69 Å². The number of halogens is 3. The molecule has 28 heavy (non-hydrogen) atoms. The second kappa shape index (κ2) is 8.52. The topological polar surface area (TPSA) is 69.7 Å². The number of benzene rings is 2. The minimum atomic E-state index is -3.66. The minimum absolute atomic E-state index is 0.0259. The van der Waals surface area contributed by atoms with Gasteiger partial charge in [-0.15, -0.1) is 0 Å². The Kier molecular flexibility index (Phi) is 6.29. The highest BCUT2D eigenvalue weighted by atomic mass is 35.5. The van der Waals surface area contributed by atoms with Gasteiger partial charge in [-0.2, -0.15) is 4.31 Å². The quantitative estimate of drug-likeness (QED) is 0.793. The van der Waals surface area contributed by atoms with Crippen LogP contribution in [0.2, 0.25) is 5.02 Å². The van der Waals surface area contributed by atoms with E-state index in [9.17, 15) is 22.0 Å². The summed E-state index contributed by atoms with van der Waals surface area (Å²) in [6, 6.07) is 8.95. The molecule has 2 aromatic carbocycles. The van der Waals surface area contributed by atoms with Crippen molar-refractivity contribution in [1.82, 2.24) is 9.21 Å². The average Bonchev–Trinajstić information content (AvgIpc) is 2.64. The monoisotopic (exact) mass is 429 g/mol. The Morgan fingerprint density at radius 1 is 1.07 bits per heavy atom. The van der Waals surface area contributed by atoms with Crippen molar-refractivity contribution in [1.29, 1.82) is 0 Å². The summed E-state index contributed by atoms with van der Waals surface area (Å²) in [5.74, 6) is -2.05. The first-order chi connectivity index (χ1) is 13.3. The van der Waals surface area contributed by atoms with Crippen molar-refractivity contribution in [2.75, 3.05) is 38.0 Å². The van der Waals surface area contributed by atoms with Crippen molar-refractivity contribution in [2.45, 2.75) is 4.90 Å². The molecule has 150 valence electrons. The molecule has 0 radical (unpaired) electrons. The summed E-state index contributed by atoms with van der Waals surface area (Å²) in [5.41, 5.74) is -0.103. The maximum absolute atomic E-state index is 13.6. The van der Waals surface area contributed by atoms with Gasteiger partial charge in [0.2, 0.25) is 15.9 Å². The van der Waals surface area contributed by atoms with Gasteiger partial charge in [-0.05, 0) is 30.3 Å². The van der Waals surface area contributed by atoms with Crippen molar-refractivity contribution >= 4 is 33.2 Å². The Morgan fingerprint density at radius 2 is 1.79 bits per heavy atom. The summed E-state index contributed by atoms with van der Waals surface area (Å²) >= 11 is 5.87. The van der Waals surface area contributed by atoms with Crippen molar-refractivity contribution in [3.05, 3.63) is 59.1 Å². The molecule has 1 fully saturated rings. The van der Waals surface area contributed by atoms with Crippen molar-refractivity contribution < 1.29 is 22.0 Å². The van der Waals surface area contributed by atoms with Gasteiger partial charge in [0.25, 0.3) is 0 Å². The van der Waals surface area contributed by atoms with E-state index in [1.807, 2.05) is 0 Å². The molecule has 3 rings (SSSR count). The van der Waals surface area contributed by atoms with E-state index in [0.717, 1.165) is 12.1 Å². The summed E-state index contributed by atoms with van der Waals surface area (Å²) in [6.45, 7) is 1.10. The molecule has 0 unspecified atom stereocenters. The van der Waals surface area contributed by atoms with Crippen molar-refractivity contribution in [3.63, 3.8) is 0 Å². The highest BCUT2D eigenvalue weighted by molar-refractivity contribution is 7.89. The average molecular weight is 430 g/mol. The number of carbonyl (C=O) groups is 1. The van der Waals surface area contributed by atoms with E-state index in [1.165, 1.54) is 16.4 Å². The van der Waals surface area contributed by atoms with E-state index in [0.29, 0.717) is 24.2 Å². The molecule has 0 saturated carbocycles. The fourth-order valence-corrected chi connectivity index (χ4v) is 4.61. The van der Waals surface area contributed by atoms with Gasteiger partial charge < -0.3 is 5.32 Å². The molecule has 1 aliphatic rings. The van der Waals surface area contributed by atoms with E-state index >= 15 is 0 Å². The summed E-state index contributed by atoms with van der Waals surface area (Å²) in [6.07, 6.45) is 0. The van der Waals surface area contributed by atoms with Crippen LogP contribution in [-0.2, 0) is 14.8 Å². The SMILES string of the molecule is O=C(CN1CCN(S(=O)(=O)c2cccc(Cl)c2)CC1)Nc1ccc(F)cc1F. The zero-order valence-corrected chi connectivity index (χ0v) is 16.3. The predicted octanol–water partition coefficient (Wildman–Crippen LogP) is 2.56. The lowest BCUT2D eigenvalue weighted by molar-refractivity contribution is -0.117. The largest absolute Gasteiger partial charge is 0.322 e. The van der Waals surface area contributed by atoms with Crippen LogP contribution in [0.4, 0.5) is 14.5 Å². The summed E-state index contributed by atoms with van der Waals surface area (Å²) < 4.78 is 53.2. The van der Waals surface area contributed by atoms with E-state index in [1.54, 1.807) is 17.0 Å². The van der Waals surface area contributed by atoms with Crippen LogP contribution >= 0.6 is 11.6 Å². The number of anilines is 1. The zero-order chi connectivity index (χ0) is 20.3. The molecule has 0 spiro atoms. The second-order valence-electron chi connectivity index (χ2n) is 6.31. The minimum Gasteiger partial charge on any atom is -0.322 e. The number of nitrogens with zero attached hydrogens (tertiary/aromatic N) is 2. The summed E-state index contributed by atoms with van der Waals surface area (Å²) in [7, 11) is -3.66. The molecule has 1 saturated heterocycles. The maximum atomic E-state index is 13.6. The Morgan fingerprint density at radius 3 is 2.43 bits per heavy atom. The van der Waals surface area contributed by atoms with E-state index in [2.05, 4.69) is 5.32 Å². The van der Waals surface area contributed by atoms with Crippen LogP contribution < -0.4 is 5.32 Å². The first-order valence-corrected chi connectivity index (χ1v) is 10.3. The molecule has 1 N–H and O–H groups in total. The third-order valence-corrected chi connectivity index (χ3v) is 6.47. The summed E-state index contributed by atoms with van der Waals surface area (Å²) in [5, 5.41) is 2.73. The molecule has 0 bridgehead atoms. The molecule has 10 heteroatoms. The molecular formula is C18H18ClF2N3O3S. The van der Waals surface area contributed by atoms with Crippen LogP contribution in [0, 0.1) is 11.6 Å². The Labute approximate surface area is 166 Å². The molecule has 0 atom stereocenters. The van der Waals surface area contributed by atoms with Crippen LogP contribution in [0.25, 0.3) is 0 Å². The molecule has 6 nitrogen and oxygen atoms in total. The molecule has 1 amide bonds. The van der Waals surface area contributed by atoms with Crippen molar-refractivity contribution in [3.8, 4) is 0 Å². The van der Waals surface area contributed by atoms with Gasteiger partial charge in [0.1, 0.15) is 11.6 Å². The molecule has 2 aromatic rings. The Bertz CT molecular complexity index is 980. The third-order valence-electron chi connectivity index (χ3n) is 4.34. The lowest BCUT2D eigenvalue weighted by atomic mass is 10.3. The number of sulfonamides is 1. The molecular weight excluding hydrogens is 412 g/mol. The maximum Gasteiger partial charge on any atom is 0.243 e. The summed E-state index contributed by atoms with van der Waals surface area (Å²) in [4.78, 5) is 14.0. The van der Waals surface area contributed by atoms with Gasteiger partial charge in [0.05, 0.1) is 17.1 Å². The van der Waals surface area contributed by atoms with E-state index < -0.39 is 27.6 Å². The molecule has 1 heterocycles. The Hall–Kier alpha value is -2.07. The van der Waals surface area contributed by atoms with Crippen molar-refractivity contribution in [2.24, 2.45) is 0 Å². The number of rotatable bonds is 5. The number of piperazine rings is 1. The highest BCUT2D eigenvalue weighted by Gasteiger charge is 2.29. The second-order valence-corrected chi connectivity index (χ2v) is 8.68. The Balaban J connectivity index is 1.56. The number of hydrogen-bond donors (Lipinski definition) is 1. The van der Waals surface area contributed by atoms with E-state index in [4.69, 9.17) is 11.6 Å². The lowest BCUT2D eigenvalue weighted by Crippen LogP contribution is -2.50. The number of nitrogens with one attached hydrogen (secondary N) is 1. The van der Waals surface area contributed by atoms with Crippen LogP contribution in [0.5, 0.6) is 0 Å². The fraction of sp³-hybridized carbons (Fsp3) is 0.278. The third kappa shape index (κ3) is 4.85. The molecule has 1 aliphatic heterocycles. The van der Waals surface area contributed by atoms with Crippen LogP contribution in [0.3, 0.4) is 0 Å². The number of carbonyl (C=O) groups excluding carboxylic acids is 1. The number of amides is 1. The van der Waals surface area contributed by atoms with Crippen LogP contribution in [0.15, 0.2) is 47.4 Å². The highest BCUT2D eigenvalue weighted by Crippen LogP contribution is 2.21. The zero-order valence-electron chi connectivity index (χ0n) is 14.7. The van der Waals surface area contributed by atoms with Gasteiger partial charge in [0, 0.05) is 37.3 Å². The standard InChI is InChI=1S/C18H18ClF2N3O3S/c19-13-2-1-3-15(10-13)28(26,27)24-8-6-23(7-9-24)12-18(25)22-17-5-4-14(20)11-16(17)21/h1-5,10-11H,6-9,12H2,(H,22,25). The van der Waals surface area contributed by atoms with Gasteiger partial charge in [0.15, 0.2) is 0 Å². The molecule has 0 aliphatic carbocycles. The fourth-order valence-electron chi connectivity index (χ4n) is 2.89. The van der Waals surface area contributed by atoms with Crippen LogP contribution in [0.1, 0.15) is 0 Å². The van der Waals surface area contributed by atoms with Gasteiger partial charge in [-0.25, -0.2) is 17.2 Å². The molecule has 0 aromatic heterocycles. The van der Waals surface area contributed by atoms with Gasteiger partial charge in [-0.1, -0.05) is 17.7 Å². The first-order valence-electron chi connectivity index (χ1n) is 8.49.